The summed E-state index contributed by atoms with van der Waals surface area (Å²) in [5.41, 5.74) is 0.884. The molecule has 0 aliphatic carbocycles. The van der Waals surface area contributed by atoms with Crippen LogP contribution in [0.3, 0.4) is 0 Å². The maximum Gasteiger partial charge on any atom is 0.249 e. The Morgan fingerprint density at radius 2 is 1.87 bits per heavy atom. The van der Waals surface area contributed by atoms with Gasteiger partial charge in [0.1, 0.15) is 6.54 Å². The van der Waals surface area contributed by atoms with E-state index in [1.807, 2.05) is 30.3 Å². The second kappa shape index (κ2) is 4.31. The van der Waals surface area contributed by atoms with Crippen LogP contribution >= 0.6 is 12.4 Å². The molecule has 1 aromatic rings. The van der Waals surface area contributed by atoms with Gasteiger partial charge < -0.3 is 4.90 Å². The van der Waals surface area contributed by atoms with Gasteiger partial charge >= 0.3 is 0 Å². The van der Waals surface area contributed by atoms with E-state index in [4.69, 9.17) is 5.41 Å². The van der Waals surface area contributed by atoms with Gasteiger partial charge in [0.15, 0.2) is 0 Å². The Hall–Kier alpha value is -1.55. The number of guanidine groups is 1. The highest BCUT2D eigenvalue weighted by atomic mass is 35.5. The molecule has 1 heterocycles. The summed E-state index contributed by atoms with van der Waals surface area (Å²) in [7, 11) is 1.62. The van der Waals surface area contributed by atoms with Crippen LogP contribution in [-0.2, 0) is 4.79 Å². The molecule has 80 valence electrons. The Kier molecular flexibility index (Phi) is 3.31. The summed E-state index contributed by atoms with van der Waals surface area (Å²) < 4.78 is 0. The molecule has 0 radical (unpaired) electrons. The maximum absolute atomic E-state index is 11.3. The van der Waals surface area contributed by atoms with Crippen molar-refractivity contribution in [3.63, 3.8) is 0 Å². The lowest BCUT2D eigenvalue weighted by Gasteiger charge is -2.17. The Morgan fingerprint density at radius 3 is 2.33 bits per heavy atom. The minimum absolute atomic E-state index is 0. The molecule has 0 spiro atoms. The minimum atomic E-state index is -0.0427. The zero-order chi connectivity index (χ0) is 10.1. The molecule has 1 aliphatic rings. The van der Waals surface area contributed by atoms with E-state index in [2.05, 4.69) is 0 Å². The van der Waals surface area contributed by atoms with Gasteiger partial charge in [-0.15, -0.1) is 12.4 Å². The van der Waals surface area contributed by atoms with Crippen molar-refractivity contribution in [3.05, 3.63) is 30.3 Å². The molecule has 0 bridgehead atoms. The number of benzene rings is 1. The van der Waals surface area contributed by atoms with E-state index in [0.29, 0.717) is 0 Å². The predicted molar refractivity (Wildman–Crippen MR) is 61.5 cm³/mol. The van der Waals surface area contributed by atoms with Crippen molar-refractivity contribution in [1.82, 2.24) is 4.90 Å². The van der Waals surface area contributed by atoms with E-state index in [9.17, 15) is 4.79 Å². The van der Waals surface area contributed by atoms with Crippen molar-refractivity contribution < 1.29 is 4.79 Å². The Morgan fingerprint density at radius 1 is 1.27 bits per heavy atom. The van der Waals surface area contributed by atoms with Gasteiger partial charge in [0.25, 0.3) is 0 Å². The monoisotopic (exact) mass is 225 g/mol. The molecule has 4 nitrogen and oxygen atoms in total. The molecule has 15 heavy (non-hydrogen) atoms. The largest absolute Gasteiger partial charge is 0.303 e. The van der Waals surface area contributed by atoms with Crippen molar-refractivity contribution in [3.8, 4) is 0 Å². The number of nitrogens with one attached hydrogen (secondary N) is 1. The first-order valence-electron chi connectivity index (χ1n) is 4.38. The van der Waals surface area contributed by atoms with Gasteiger partial charge in [-0.3, -0.25) is 15.1 Å². The fourth-order valence-corrected chi connectivity index (χ4v) is 1.44. The van der Waals surface area contributed by atoms with Crippen LogP contribution in [0.2, 0.25) is 0 Å². The first kappa shape index (κ1) is 11.5. The fraction of sp³-hybridized carbons (Fsp3) is 0.200. The molecular weight excluding hydrogens is 214 g/mol. The van der Waals surface area contributed by atoms with Crippen LogP contribution in [0.5, 0.6) is 0 Å². The average Bonchev–Trinajstić information content (AvgIpc) is 2.47. The summed E-state index contributed by atoms with van der Waals surface area (Å²) in [5.74, 6) is 0.194. The Labute approximate surface area is 94.4 Å². The topological polar surface area (TPSA) is 47.4 Å². The van der Waals surface area contributed by atoms with Crippen LogP contribution in [0.25, 0.3) is 0 Å². The molecule has 1 fully saturated rings. The third-order valence-electron chi connectivity index (χ3n) is 2.31. The van der Waals surface area contributed by atoms with Crippen molar-refractivity contribution >= 4 is 30.0 Å². The van der Waals surface area contributed by atoms with Crippen LogP contribution in [0.4, 0.5) is 5.69 Å². The number of hydrogen-bond acceptors (Lipinski definition) is 2. The quantitative estimate of drug-likeness (QED) is 0.784. The van der Waals surface area contributed by atoms with E-state index in [-0.39, 0.29) is 30.8 Å². The first-order chi connectivity index (χ1) is 6.70. The lowest BCUT2D eigenvalue weighted by molar-refractivity contribution is -0.123. The molecule has 1 aliphatic heterocycles. The van der Waals surface area contributed by atoms with E-state index in [1.54, 1.807) is 11.9 Å². The van der Waals surface area contributed by atoms with E-state index in [1.165, 1.54) is 4.90 Å². The number of rotatable bonds is 1. The van der Waals surface area contributed by atoms with Gasteiger partial charge in [-0.1, -0.05) is 18.2 Å². The number of halogens is 1. The molecule has 5 heteroatoms. The average molecular weight is 226 g/mol. The van der Waals surface area contributed by atoms with E-state index >= 15 is 0 Å². The molecule has 0 saturated carbocycles. The van der Waals surface area contributed by atoms with Crippen molar-refractivity contribution in [2.45, 2.75) is 0 Å². The van der Waals surface area contributed by atoms with Crippen LogP contribution < -0.4 is 4.90 Å². The number of hydrogen-bond donors (Lipinski definition) is 1. The highest BCUT2D eigenvalue weighted by Crippen LogP contribution is 2.18. The molecule has 0 unspecified atom stereocenters. The molecule has 0 atom stereocenters. The molecule has 0 aromatic heterocycles. The molecule has 1 aromatic carbocycles. The zero-order valence-corrected chi connectivity index (χ0v) is 9.12. The number of amides is 1. The molecular formula is C10H12ClN3O. The van der Waals surface area contributed by atoms with Crippen LogP contribution in [0.15, 0.2) is 30.3 Å². The van der Waals surface area contributed by atoms with Crippen molar-refractivity contribution in [2.75, 3.05) is 18.5 Å². The summed E-state index contributed by atoms with van der Waals surface area (Å²) in [5, 5.41) is 7.71. The highest BCUT2D eigenvalue weighted by Gasteiger charge is 2.30. The number of carbonyl (C=O) groups is 1. The summed E-state index contributed by atoms with van der Waals surface area (Å²) >= 11 is 0. The summed E-state index contributed by atoms with van der Waals surface area (Å²) in [6, 6.07) is 9.48. The molecule has 1 amide bonds. The summed E-state index contributed by atoms with van der Waals surface area (Å²) in [6.07, 6.45) is 0. The third kappa shape index (κ3) is 1.94. The third-order valence-corrected chi connectivity index (χ3v) is 2.31. The molecule has 1 N–H and O–H groups in total. The van der Waals surface area contributed by atoms with Crippen LogP contribution in [0, 0.1) is 5.41 Å². The lowest BCUT2D eigenvalue weighted by Crippen LogP contribution is -2.30. The van der Waals surface area contributed by atoms with Gasteiger partial charge in [0.05, 0.1) is 0 Å². The second-order valence-corrected chi connectivity index (χ2v) is 3.20. The normalized spacial score (nSPS) is 15.5. The van der Waals surface area contributed by atoms with E-state index in [0.717, 1.165) is 5.69 Å². The van der Waals surface area contributed by atoms with Crippen LogP contribution in [0.1, 0.15) is 0 Å². The highest BCUT2D eigenvalue weighted by molar-refractivity contribution is 6.12. The van der Waals surface area contributed by atoms with Crippen molar-refractivity contribution in [2.24, 2.45) is 0 Å². The minimum Gasteiger partial charge on any atom is -0.303 e. The van der Waals surface area contributed by atoms with Gasteiger partial charge in [-0.25, -0.2) is 0 Å². The summed E-state index contributed by atoms with van der Waals surface area (Å²) in [6.45, 7) is 0.263. The maximum atomic E-state index is 11.3. The molecule has 2 rings (SSSR count). The number of anilines is 1. The smallest absolute Gasteiger partial charge is 0.249 e. The first-order valence-corrected chi connectivity index (χ1v) is 4.38. The number of para-hydroxylation sites is 1. The van der Waals surface area contributed by atoms with Gasteiger partial charge in [0, 0.05) is 12.7 Å². The number of likely N-dealkylation sites (N-methyl/N-ethyl adjacent to an activating group) is 1. The van der Waals surface area contributed by atoms with Gasteiger partial charge in [-0.2, -0.15) is 0 Å². The Balaban J connectivity index is 0.00000112. The Bertz CT molecular complexity index is 380. The fourth-order valence-electron chi connectivity index (χ4n) is 1.44. The summed E-state index contributed by atoms with van der Waals surface area (Å²) in [4.78, 5) is 14.3. The predicted octanol–water partition coefficient (Wildman–Crippen LogP) is 1.32. The molecule has 1 saturated heterocycles. The zero-order valence-electron chi connectivity index (χ0n) is 8.30. The SMILES string of the molecule is CN1C(=N)N(c2ccccc2)CC1=O.Cl. The van der Waals surface area contributed by atoms with Crippen molar-refractivity contribution in [1.29, 1.82) is 5.41 Å². The van der Waals surface area contributed by atoms with Crippen LogP contribution in [-0.4, -0.2) is 30.4 Å². The lowest BCUT2D eigenvalue weighted by atomic mass is 10.3. The van der Waals surface area contributed by atoms with Gasteiger partial charge in [-0.05, 0) is 12.1 Å². The number of carbonyl (C=O) groups excluding carboxylic acids is 1. The van der Waals surface area contributed by atoms with Gasteiger partial charge in [0.2, 0.25) is 11.9 Å². The van der Waals surface area contributed by atoms with E-state index < -0.39 is 0 Å². The second-order valence-electron chi connectivity index (χ2n) is 3.20. The standard InChI is InChI=1S/C10H11N3O.ClH/c1-12-9(14)7-13(10(12)11)8-5-3-2-4-6-8;/h2-6,11H,7H2,1H3;1H. The number of nitrogens with zero attached hydrogens (tertiary/aromatic N) is 2.